The van der Waals surface area contributed by atoms with Crippen LogP contribution in [0.25, 0.3) is 5.69 Å². The van der Waals surface area contributed by atoms with Crippen LogP contribution in [-0.2, 0) is 16.0 Å². The van der Waals surface area contributed by atoms with Gasteiger partial charge in [-0.15, -0.1) is 0 Å². The first-order valence-corrected chi connectivity index (χ1v) is 12.8. The number of nitrogens with zero attached hydrogens (tertiary/aromatic N) is 4. The molecular formula is C28H28F2N4O4. The van der Waals surface area contributed by atoms with E-state index in [4.69, 9.17) is 4.74 Å². The van der Waals surface area contributed by atoms with E-state index in [2.05, 4.69) is 5.10 Å². The van der Waals surface area contributed by atoms with Gasteiger partial charge in [0.1, 0.15) is 17.3 Å². The van der Waals surface area contributed by atoms with E-state index in [1.165, 1.54) is 11.1 Å². The number of hydrogen-bond acceptors (Lipinski definition) is 6. The van der Waals surface area contributed by atoms with Crippen molar-refractivity contribution in [2.75, 3.05) is 31.1 Å². The normalized spacial score (nSPS) is 16.1. The van der Waals surface area contributed by atoms with Crippen molar-refractivity contribution in [3.05, 3.63) is 82.3 Å². The number of hydrogen-bond donors (Lipinski definition) is 0. The number of ether oxygens (including phenoxy) is 1. The molecule has 0 spiro atoms. The van der Waals surface area contributed by atoms with Gasteiger partial charge in [0.2, 0.25) is 11.5 Å². The molecule has 2 heterocycles. The van der Waals surface area contributed by atoms with E-state index >= 15 is 0 Å². The van der Waals surface area contributed by atoms with Gasteiger partial charge in [-0.05, 0) is 43.4 Å². The van der Waals surface area contributed by atoms with Crippen molar-refractivity contribution in [3.8, 4) is 11.4 Å². The van der Waals surface area contributed by atoms with Gasteiger partial charge in [0.25, 0.3) is 5.91 Å². The summed E-state index contributed by atoms with van der Waals surface area (Å²) in [7, 11) is 0. The zero-order valence-corrected chi connectivity index (χ0v) is 20.8. The number of Topliss-reactive ketones (excluding diaryl/α,β-unsaturated/α-hetero) is 1. The Morgan fingerprint density at radius 3 is 2.26 bits per heavy atom. The molecule has 0 unspecified atom stereocenters. The molecular weight excluding hydrogens is 494 g/mol. The fraction of sp³-hybridized carbons (Fsp3) is 0.357. The van der Waals surface area contributed by atoms with E-state index in [9.17, 15) is 23.2 Å². The monoisotopic (exact) mass is 522 g/mol. The van der Waals surface area contributed by atoms with Crippen LogP contribution in [0.2, 0.25) is 0 Å². The Hall–Kier alpha value is -4.08. The number of carbonyl (C=O) groups excluding carboxylic acids is 2. The Morgan fingerprint density at radius 1 is 0.947 bits per heavy atom. The minimum Gasteiger partial charge on any atom is -0.483 e. The number of amides is 1. The summed E-state index contributed by atoms with van der Waals surface area (Å²) < 4.78 is 34.8. The SMILES string of the molecule is O=C(Cc1ccccc1)C(=O)N1CCN(c2cnn(-c3cc(F)cc(F)c3)c(=O)c2OC2CCCC2)CC1. The molecule has 2 aliphatic rings. The number of aromatic nitrogens is 2. The summed E-state index contributed by atoms with van der Waals surface area (Å²) in [5, 5.41) is 4.18. The topological polar surface area (TPSA) is 84.7 Å². The second-order valence-corrected chi connectivity index (χ2v) is 9.59. The molecule has 1 aliphatic heterocycles. The molecule has 8 nitrogen and oxygen atoms in total. The van der Waals surface area contributed by atoms with Gasteiger partial charge in [0.05, 0.1) is 18.0 Å². The number of rotatable bonds is 7. The third-order valence-corrected chi connectivity index (χ3v) is 6.95. The van der Waals surface area contributed by atoms with Gasteiger partial charge in [-0.25, -0.2) is 8.78 Å². The molecule has 2 fully saturated rings. The highest BCUT2D eigenvalue weighted by molar-refractivity contribution is 6.36. The number of ketones is 1. The molecule has 10 heteroatoms. The Morgan fingerprint density at radius 2 is 1.61 bits per heavy atom. The highest BCUT2D eigenvalue weighted by Crippen LogP contribution is 2.30. The summed E-state index contributed by atoms with van der Waals surface area (Å²) in [4.78, 5) is 42.2. The Balaban J connectivity index is 1.35. The van der Waals surface area contributed by atoms with Crippen LogP contribution in [0.3, 0.4) is 0 Å². The van der Waals surface area contributed by atoms with Crippen LogP contribution >= 0.6 is 0 Å². The lowest BCUT2D eigenvalue weighted by molar-refractivity contribution is -0.144. The first-order valence-electron chi connectivity index (χ1n) is 12.8. The number of benzene rings is 2. The van der Waals surface area contributed by atoms with Gasteiger partial charge in [0, 0.05) is 38.7 Å². The van der Waals surface area contributed by atoms with Gasteiger partial charge in [-0.2, -0.15) is 9.78 Å². The van der Waals surface area contributed by atoms with Crippen LogP contribution in [0.4, 0.5) is 14.5 Å². The molecule has 198 valence electrons. The molecule has 2 aromatic carbocycles. The molecule has 0 radical (unpaired) electrons. The molecule has 0 atom stereocenters. The van der Waals surface area contributed by atoms with Crippen molar-refractivity contribution in [1.82, 2.24) is 14.7 Å². The number of piperazine rings is 1. The Bertz CT molecular complexity index is 1360. The summed E-state index contributed by atoms with van der Waals surface area (Å²) in [6, 6.07) is 11.9. The maximum Gasteiger partial charge on any atom is 0.316 e. The van der Waals surface area contributed by atoms with Crippen LogP contribution < -0.4 is 15.2 Å². The summed E-state index contributed by atoms with van der Waals surface area (Å²) in [6.45, 7) is 1.32. The predicted octanol–water partition coefficient (Wildman–Crippen LogP) is 3.29. The fourth-order valence-corrected chi connectivity index (χ4v) is 4.97. The molecule has 1 aromatic heterocycles. The molecule has 3 aromatic rings. The maximum absolute atomic E-state index is 13.8. The maximum atomic E-state index is 13.8. The number of anilines is 1. The average Bonchev–Trinajstić information content (AvgIpc) is 3.43. The first-order chi connectivity index (χ1) is 18.4. The third kappa shape index (κ3) is 5.58. The smallest absolute Gasteiger partial charge is 0.316 e. The summed E-state index contributed by atoms with van der Waals surface area (Å²) in [5.74, 6) is -2.58. The zero-order chi connectivity index (χ0) is 26.6. The zero-order valence-electron chi connectivity index (χ0n) is 20.8. The molecule has 5 rings (SSSR count). The second-order valence-electron chi connectivity index (χ2n) is 9.59. The van der Waals surface area contributed by atoms with Crippen molar-refractivity contribution >= 4 is 17.4 Å². The van der Waals surface area contributed by atoms with Crippen molar-refractivity contribution in [1.29, 1.82) is 0 Å². The summed E-state index contributed by atoms with van der Waals surface area (Å²) in [5.41, 5.74) is 0.583. The lowest BCUT2D eigenvalue weighted by atomic mass is 10.1. The van der Waals surface area contributed by atoms with Gasteiger partial charge in [-0.3, -0.25) is 14.4 Å². The van der Waals surface area contributed by atoms with Gasteiger partial charge >= 0.3 is 5.56 Å². The van der Waals surface area contributed by atoms with E-state index in [0.717, 1.165) is 54.1 Å². The van der Waals surface area contributed by atoms with Crippen LogP contribution in [-0.4, -0.2) is 58.7 Å². The van der Waals surface area contributed by atoms with E-state index in [0.29, 0.717) is 31.9 Å². The number of halogens is 2. The fourth-order valence-electron chi connectivity index (χ4n) is 4.97. The third-order valence-electron chi connectivity index (χ3n) is 6.95. The van der Waals surface area contributed by atoms with Gasteiger partial charge in [-0.1, -0.05) is 30.3 Å². The lowest BCUT2D eigenvalue weighted by Gasteiger charge is -2.36. The summed E-state index contributed by atoms with van der Waals surface area (Å²) >= 11 is 0. The average molecular weight is 523 g/mol. The largest absolute Gasteiger partial charge is 0.483 e. The van der Waals surface area contributed by atoms with E-state index in [-0.39, 0.29) is 24.0 Å². The quantitative estimate of drug-likeness (QED) is 0.443. The molecule has 1 saturated heterocycles. The van der Waals surface area contributed by atoms with Crippen molar-refractivity contribution in [3.63, 3.8) is 0 Å². The minimum absolute atomic E-state index is 0.0392. The number of carbonyl (C=O) groups is 2. The highest BCUT2D eigenvalue weighted by atomic mass is 19.1. The molecule has 0 N–H and O–H groups in total. The van der Waals surface area contributed by atoms with Gasteiger partial charge < -0.3 is 14.5 Å². The predicted molar refractivity (Wildman–Crippen MR) is 137 cm³/mol. The van der Waals surface area contributed by atoms with Gasteiger partial charge in [0.15, 0.2) is 0 Å². The van der Waals surface area contributed by atoms with E-state index in [1.54, 1.807) is 0 Å². The van der Waals surface area contributed by atoms with E-state index in [1.807, 2.05) is 35.2 Å². The molecule has 1 saturated carbocycles. The van der Waals surface area contributed by atoms with Crippen molar-refractivity contribution < 1.29 is 23.1 Å². The minimum atomic E-state index is -0.821. The van der Waals surface area contributed by atoms with Crippen LogP contribution in [0.5, 0.6) is 5.75 Å². The van der Waals surface area contributed by atoms with Crippen molar-refractivity contribution in [2.24, 2.45) is 0 Å². The molecule has 1 aliphatic carbocycles. The van der Waals surface area contributed by atoms with Crippen LogP contribution in [0.15, 0.2) is 59.5 Å². The Labute approximate surface area is 218 Å². The van der Waals surface area contributed by atoms with Crippen molar-refractivity contribution in [2.45, 2.75) is 38.2 Å². The van der Waals surface area contributed by atoms with E-state index < -0.39 is 28.9 Å². The lowest BCUT2D eigenvalue weighted by Crippen LogP contribution is -2.51. The molecule has 38 heavy (non-hydrogen) atoms. The second kappa shape index (κ2) is 11.1. The Kier molecular flexibility index (Phi) is 7.48. The standard InChI is InChI=1S/C28H28F2N4O4/c29-20-15-21(30)17-22(16-20)34-28(37)26(38-23-8-4-5-9-23)24(18-31-34)32-10-12-33(13-11-32)27(36)25(35)14-19-6-2-1-3-7-19/h1-3,6-7,15-18,23H,4-5,8-14H2. The van der Waals surface area contributed by atoms with Crippen LogP contribution in [0.1, 0.15) is 31.2 Å². The first kappa shape index (κ1) is 25.6. The highest BCUT2D eigenvalue weighted by Gasteiger charge is 2.30. The molecule has 0 bridgehead atoms. The summed E-state index contributed by atoms with van der Waals surface area (Å²) in [6.07, 6.45) is 4.95. The molecule has 1 amide bonds. The van der Waals surface area contributed by atoms with Crippen LogP contribution in [0, 0.1) is 11.6 Å².